The lowest BCUT2D eigenvalue weighted by atomic mass is 10.3. The van der Waals surface area contributed by atoms with Crippen LogP contribution in [0.3, 0.4) is 0 Å². The number of rotatable bonds is 2. The number of hydrogen-bond donors (Lipinski definition) is 2. The lowest BCUT2D eigenvalue weighted by molar-refractivity contribution is 1.31. The van der Waals surface area contributed by atoms with Gasteiger partial charge in [-0.3, -0.25) is 0 Å². The third-order valence-electron chi connectivity index (χ3n) is 2.07. The van der Waals surface area contributed by atoms with E-state index in [0.717, 1.165) is 14.6 Å². The topological polar surface area (TPSA) is 50.9 Å². The van der Waals surface area contributed by atoms with Crippen LogP contribution < -0.4 is 11.1 Å². The van der Waals surface area contributed by atoms with Crippen molar-refractivity contribution in [1.29, 1.82) is 0 Å². The van der Waals surface area contributed by atoms with Crippen molar-refractivity contribution >= 4 is 60.7 Å². The molecular weight excluding hydrogens is 369 g/mol. The lowest BCUT2D eigenvalue weighted by Gasteiger charge is -2.10. The van der Waals surface area contributed by atoms with Crippen molar-refractivity contribution in [2.45, 2.75) is 0 Å². The second-order valence-electron chi connectivity index (χ2n) is 3.32. The Balaban J connectivity index is 2.37. The maximum atomic E-state index is 5.83. The summed E-state index contributed by atoms with van der Waals surface area (Å²) in [6.45, 7) is 0. The molecule has 6 heteroatoms. The first-order valence-corrected chi connectivity index (χ1v) is 6.67. The quantitative estimate of drug-likeness (QED) is 0.753. The van der Waals surface area contributed by atoms with E-state index in [2.05, 4.69) is 42.2 Å². The number of pyridine rings is 1. The van der Waals surface area contributed by atoms with E-state index in [9.17, 15) is 0 Å². The summed E-state index contributed by atoms with van der Waals surface area (Å²) in [5, 5.41) is 3.52. The molecule has 1 aromatic heterocycles. The van der Waals surface area contributed by atoms with Gasteiger partial charge in [-0.25, -0.2) is 4.98 Å². The minimum absolute atomic E-state index is 0.396. The highest BCUT2D eigenvalue weighted by Crippen LogP contribution is 2.30. The minimum atomic E-state index is 0.396. The van der Waals surface area contributed by atoms with E-state index in [4.69, 9.17) is 17.3 Å². The Morgan fingerprint density at radius 2 is 1.94 bits per heavy atom. The van der Waals surface area contributed by atoms with E-state index in [-0.39, 0.29) is 0 Å². The number of nitrogens with zero attached hydrogens (tertiary/aromatic N) is 1. The third kappa shape index (κ3) is 3.12. The van der Waals surface area contributed by atoms with Gasteiger partial charge in [-0.05, 0) is 46.3 Å². The summed E-state index contributed by atoms with van der Waals surface area (Å²) in [5.74, 6) is 0.538. The SMILES string of the molecule is Nc1ccc(Cl)nc1Nc1cc(Br)ccc1Br. The molecule has 0 aliphatic carbocycles. The van der Waals surface area contributed by atoms with Crippen molar-refractivity contribution in [3.05, 3.63) is 44.4 Å². The molecule has 17 heavy (non-hydrogen) atoms. The van der Waals surface area contributed by atoms with Gasteiger partial charge >= 0.3 is 0 Å². The molecule has 0 saturated heterocycles. The molecule has 0 atom stereocenters. The highest BCUT2D eigenvalue weighted by molar-refractivity contribution is 9.11. The number of halogens is 3. The van der Waals surface area contributed by atoms with Crippen molar-refractivity contribution in [2.24, 2.45) is 0 Å². The molecule has 0 aliphatic rings. The van der Waals surface area contributed by atoms with E-state index in [1.807, 2.05) is 18.2 Å². The fourth-order valence-corrected chi connectivity index (χ4v) is 2.12. The first kappa shape index (κ1) is 12.7. The van der Waals surface area contributed by atoms with Gasteiger partial charge in [-0.15, -0.1) is 0 Å². The van der Waals surface area contributed by atoms with Crippen molar-refractivity contribution in [1.82, 2.24) is 4.98 Å². The zero-order chi connectivity index (χ0) is 12.4. The molecule has 1 aromatic carbocycles. The van der Waals surface area contributed by atoms with Gasteiger partial charge in [0.15, 0.2) is 5.82 Å². The maximum Gasteiger partial charge on any atom is 0.155 e. The van der Waals surface area contributed by atoms with Crippen LogP contribution >= 0.6 is 43.5 Å². The number of nitrogens with one attached hydrogen (secondary N) is 1. The number of nitrogens with two attached hydrogens (primary N) is 1. The number of benzene rings is 1. The van der Waals surface area contributed by atoms with Crippen LogP contribution in [-0.2, 0) is 0 Å². The average Bonchev–Trinajstić information content (AvgIpc) is 2.28. The Morgan fingerprint density at radius 3 is 2.71 bits per heavy atom. The third-order valence-corrected chi connectivity index (χ3v) is 3.47. The maximum absolute atomic E-state index is 5.83. The molecular formula is C11H8Br2ClN3. The van der Waals surface area contributed by atoms with Gasteiger partial charge in [0, 0.05) is 8.95 Å². The van der Waals surface area contributed by atoms with Gasteiger partial charge in [0.25, 0.3) is 0 Å². The van der Waals surface area contributed by atoms with Gasteiger partial charge < -0.3 is 11.1 Å². The Labute approximate surface area is 121 Å². The Bertz CT molecular complexity index is 511. The van der Waals surface area contributed by atoms with E-state index < -0.39 is 0 Å². The summed E-state index contributed by atoms with van der Waals surface area (Å²) in [5.41, 5.74) is 7.22. The van der Waals surface area contributed by atoms with E-state index in [0.29, 0.717) is 16.7 Å². The molecule has 0 bridgehead atoms. The summed E-state index contributed by atoms with van der Waals surface area (Å²) in [4.78, 5) is 4.13. The van der Waals surface area contributed by atoms with Gasteiger partial charge in [0.1, 0.15) is 5.15 Å². The number of anilines is 3. The Morgan fingerprint density at radius 1 is 1.18 bits per heavy atom. The molecule has 88 valence electrons. The number of hydrogen-bond acceptors (Lipinski definition) is 3. The fourth-order valence-electron chi connectivity index (χ4n) is 1.27. The van der Waals surface area contributed by atoms with Crippen LogP contribution in [0.2, 0.25) is 5.15 Å². The molecule has 3 N–H and O–H groups in total. The largest absolute Gasteiger partial charge is 0.396 e. The molecule has 0 radical (unpaired) electrons. The zero-order valence-corrected chi connectivity index (χ0v) is 12.5. The molecule has 0 spiro atoms. The highest BCUT2D eigenvalue weighted by atomic mass is 79.9. The number of nitrogen functional groups attached to an aromatic ring is 1. The molecule has 2 aromatic rings. The Hall–Kier alpha value is -0.780. The summed E-state index contributed by atoms with van der Waals surface area (Å²) < 4.78 is 1.88. The summed E-state index contributed by atoms with van der Waals surface area (Å²) in [7, 11) is 0. The highest BCUT2D eigenvalue weighted by Gasteiger charge is 2.06. The van der Waals surface area contributed by atoms with Crippen LogP contribution in [0.1, 0.15) is 0 Å². The predicted molar refractivity (Wildman–Crippen MR) is 78.8 cm³/mol. The van der Waals surface area contributed by atoms with Crippen LogP contribution in [0.25, 0.3) is 0 Å². The monoisotopic (exact) mass is 375 g/mol. The predicted octanol–water partition coefficient (Wildman–Crippen LogP) is 4.59. The lowest BCUT2D eigenvalue weighted by Crippen LogP contribution is -1.99. The second-order valence-corrected chi connectivity index (χ2v) is 5.48. The average molecular weight is 377 g/mol. The standard InChI is InChI=1S/C11H8Br2ClN3/c12-6-1-2-7(13)9(5-6)16-11-8(15)3-4-10(14)17-11/h1-5H,15H2,(H,16,17). The molecule has 2 rings (SSSR count). The van der Waals surface area contributed by atoms with Crippen LogP contribution in [-0.4, -0.2) is 4.98 Å². The fraction of sp³-hybridized carbons (Fsp3) is 0. The molecule has 0 saturated carbocycles. The van der Waals surface area contributed by atoms with E-state index >= 15 is 0 Å². The van der Waals surface area contributed by atoms with Crippen molar-refractivity contribution in [3.63, 3.8) is 0 Å². The molecule has 0 amide bonds. The molecule has 0 aliphatic heterocycles. The van der Waals surface area contributed by atoms with Crippen LogP contribution in [0.4, 0.5) is 17.2 Å². The van der Waals surface area contributed by atoms with Crippen molar-refractivity contribution < 1.29 is 0 Å². The minimum Gasteiger partial charge on any atom is -0.396 e. The molecule has 0 fully saturated rings. The first-order chi connectivity index (χ1) is 8.06. The smallest absolute Gasteiger partial charge is 0.155 e. The number of aromatic nitrogens is 1. The van der Waals surface area contributed by atoms with Crippen LogP contribution in [0.5, 0.6) is 0 Å². The van der Waals surface area contributed by atoms with Crippen molar-refractivity contribution in [2.75, 3.05) is 11.1 Å². The normalized spacial score (nSPS) is 10.3. The van der Waals surface area contributed by atoms with Crippen molar-refractivity contribution in [3.8, 4) is 0 Å². The molecule has 3 nitrogen and oxygen atoms in total. The summed E-state index contributed by atoms with van der Waals surface area (Å²) in [6.07, 6.45) is 0. The van der Waals surface area contributed by atoms with Gasteiger partial charge in [-0.1, -0.05) is 27.5 Å². The zero-order valence-electron chi connectivity index (χ0n) is 8.55. The van der Waals surface area contributed by atoms with Gasteiger partial charge in [0.2, 0.25) is 0 Å². The van der Waals surface area contributed by atoms with Crippen LogP contribution in [0, 0.1) is 0 Å². The summed E-state index contributed by atoms with van der Waals surface area (Å²) in [6, 6.07) is 9.14. The summed E-state index contributed by atoms with van der Waals surface area (Å²) >= 11 is 12.7. The first-order valence-electron chi connectivity index (χ1n) is 4.70. The second kappa shape index (κ2) is 5.25. The van der Waals surface area contributed by atoms with Crippen LogP contribution in [0.15, 0.2) is 39.3 Å². The Kier molecular flexibility index (Phi) is 3.91. The molecule has 0 unspecified atom stereocenters. The van der Waals surface area contributed by atoms with E-state index in [1.54, 1.807) is 12.1 Å². The van der Waals surface area contributed by atoms with Gasteiger partial charge in [-0.2, -0.15) is 0 Å². The van der Waals surface area contributed by atoms with E-state index in [1.165, 1.54) is 0 Å². The molecule has 1 heterocycles. The van der Waals surface area contributed by atoms with Gasteiger partial charge in [0.05, 0.1) is 11.4 Å².